The molecule has 1 saturated heterocycles. The first-order valence-corrected chi connectivity index (χ1v) is 10.8. The van der Waals surface area contributed by atoms with Gasteiger partial charge in [0.25, 0.3) is 0 Å². The van der Waals surface area contributed by atoms with Crippen LogP contribution in [0.25, 0.3) is 0 Å². The van der Waals surface area contributed by atoms with Crippen LogP contribution in [0.15, 0.2) is 63.2 Å². The zero-order chi connectivity index (χ0) is 19.9. The number of amides is 1. The van der Waals surface area contributed by atoms with Gasteiger partial charge in [0.2, 0.25) is 5.91 Å². The van der Waals surface area contributed by atoms with Crippen LogP contribution in [0.3, 0.4) is 0 Å². The molecule has 1 heterocycles. The highest BCUT2D eigenvalue weighted by atomic mass is 79.9. The molecule has 0 bridgehead atoms. The van der Waals surface area contributed by atoms with Gasteiger partial charge in [-0.2, -0.15) is 5.10 Å². The molecule has 1 fully saturated rings. The Balaban J connectivity index is 1.78. The van der Waals surface area contributed by atoms with E-state index in [4.69, 9.17) is 4.74 Å². The van der Waals surface area contributed by atoms with E-state index < -0.39 is 0 Å². The Hall–Kier alpha value is -2.12. The quantitative estimate of drug-likeness (QED) is 0.427. The number of hydrogen-bond donors (Lipinski definition) is 0. The molecule has 0 spiro atoms. The summed E-state index contributed by atoms with van der Waals surface area (Å²) in [6, 6.07) is 15.5. The van der Waals surface area contributed by atoms with Gasteiger partial charge in [-0.15, -0.1) is 5.10 Å². The van der Waals surface area contributed by atoms with Crippen molar-refractivity contribution in [2.75, 3.05) is 7.11 Å². The zero-order valence-corrected chi connectivity index (χ0v) is 18.2. The molecule has 7 heteroatoms. The summed E-state index contributed by atoms with van der Waals surface area (Å²) < 4.78 is 6.22. The van der Waals surface area contributed by atoms with Gasteiger partial charge in [-0.3, -0.25) is 9.69 Å². The van der Waals surface area contributed by atoms with Gasteiger partial charge in [0, 0.05) is 4.47 Å². The molecule has 3 rings (SSSR count). The number of hydrogen-bond acceptors (Lipinski definition) is 5. The van der Waals surface area contributed by atoms with Gasteiger partial charge in [-0.25, -0.2) is 0 Å². The average molecular weight is 460 g/mol. The van der Waals surface area contributed by atoms with Crippen molar-refractivity contribution in [1.29, 1.82) is 0 Å². The maximum absolute atomic E-state index is 12.8. The Morgan fingerprint density at radius 3 is 2.54 bits per heavy atom. The summed E-state index contributed by atoms with van der Waals surface area (Å²) in [6.45, 7) is 2.56. The van der Waals surface area contributed by atoms with Crippen molar-refractivity contribution in [1.82, 2.24) is 4.90 Å². The number of carbonyl (C=O) groups is 1. The number of benzene rings is 2. The van der Waals surface area contributed by atoms with Gasteiger partial charge in [0.1, 0.15) is 5.75 Å². The molecule has 2 aromatic rings. The lowest BCUT2D eigenvalue weighted by Crippen LogP contribution is -2.31. The summed E-state index contributed by atoms with van der Waals surface area (Å²) >= 11 is 4.91. The van der Waals surface area contributed by atoms with Crippen LogP contribution in [0.1, 0.15) is 30.9 Å². The maximum Gasteiger partial charge on any atom is 0.242 e. The minimum Gasteiger partial charge on any atom is -0.497 e. The van der Waals surface area contributed by atoms with Crippen LogP contribution in [0.5, 0.6) is 5.75 Å². The summed E-state index contributed by atoms with van der Waals surface area (Å²) in [5, 5.41) is 9.12. The lowest BCUT2D eigenvalue weighted by Gasteiger charge is -2.16. The van der Waals surface area contributed by atoms with Gasteiger partial charge < -0.3 is 4.74 Å². The van der Waals surface area contributed by atoms with Gasteiger partial charge >= 0.3 is 0 Å². The topological polar surface area (TPSA) is 54.3 Å². The summed E-state index contributed by atoms with van der Waals surface area (Å²) in [6.07, 6.45) is 3.48. The number of ether oxygens (including phenoxy) is 1. The van der Waals surface area contributed by atoms with Crippen molar-refractivity contribution in [3.8, 4) is 5.75 Å². The van der Waals surface area contributed by atoms with Crippen molar-refractivity contribution < 1.29 is 9.53 Å². The van der Waals surface area contributed by atoms with Crippen molar-refractivity contribution in [2.45, 2.75) is 31.6 Å². The van der Waals surface area contributed by atoms with Gasteiger partial charge in [0.15, 0.2) is 5.17 Å². The number of carbonyl (C=O) groups excluding carboxylic acids is 1. The Kier molecular flexibility index (Phi) is 7.28. The summed E-state index contributed by atoms with van der Waals surface area (Å²) in [7, 11) is 1.64. The second-order valence-electron chi connectivity index (χ2n) is 6.35. The molecule has 0 aromatic heterocycles. The van der Waals surface area contributed by atoms with Crippen LogP contribution in [-0.4, -0.2) is 34.5 Å². The van der Waals surface area contributed by atoms with E-state index >= 15 is 0 Å². The molecule has 1 atom stereocenters. The number of rotatable bonds is 7. The Labute approximate surface area is 178 Å². The van der Waals surface area contributed by atoms with E-state index in [-0.39, 0.29) is 11.2 Å². The third-order valence-electron chi connectivity index (χ3n) is 4.29. The lowest BCUT2D eigenvalue weighted by molar-refractivity contribution is -0.126. The maximum atomic E-state index is 12.8. The molecule has 0 radical (unpaired) electrons. The van der Waals surface area contributed by atoms with Crippen molar-refractivity contribution in [2.24, 2.45) is 10.2 Å². The molecule has 2 aromatic carbocycles. The third-order valence-corrected chi connectivity index (χ3v) is 6.05. The minimum atomic E-state index is -0.0927. The van der Waals surface area contributed by atoms with Crippen LogP contribution < -0.4 is 4.74 Å². The van der Waals surface area contributed by atoms with Crippen LogP contribution in [0, 0.1) is 0 Å². The minimum absolute atomic E-state index is 0.0927. The predicted octanol–water partition coefficient (Wildman–Crippen LogP) is 5.09. The smallest absolute Gasteiger partial charge is 0.242 e. The number of methoxy groups -OCH3 is 1. The van der Waals surface area contributed by atoms with Crippen LogP contribution in [0.2, 0.25) is 0 Å². The van der Waals surface area contributed by atoms with Gasteiger partial charge in [-0.05, 0) is 41.8 Å². The molecule has 0 unspecified atom stereocenters. The highest BCUT2D eigenvalue weighted by Gasteiger charge is 2.37. The fourth-order valence-corrected chi connectivity index (χ4v) is 4.26. The molecule has 5 nitrogen and oxygen atoms in total. The fourth-order valence-electron chi connectivity index (χ4n) is 2.78. The first kappa shape index (κ1) is 20.6. The van der Waals surface area contributed by atoms with Gasteiger partial charge in [-0.1, -0.05) is 65.3 Å². The number of thioether (sulfide) groups is 1. The highest BCUT2D eigenvalue weighted by Crippen LogP contribution is 2.32. The SMILES string of the molecule is CCC[C@@H]1S/C(=N/N=C\c2ccc(Br)cc2)N(Cc2ccc(OC)cc2)C1=O. The molecule has 146 valence electrons. The summed E-state index contributed by atoms with van der Waals surface area (Å²) in [5.74, 6) is 0.892. The standard InChI is InChI=1S/C21H22BrN3O2S/c1-3-4-19-20(26)25(14-16-7-11-18(27-2)12-8-16)21(28-19)24-23-13-15-5-9-17(22)10-6-15/h5-13,19H,3-4,14H2,1-2H3/b23-13-,24-21+/t19-/m0/s1. The summed E-state index contributed by atoms with van der Waals surface area (Å²) in [5.41, 5.74) is 1.98. The molecule has 1 aliphatic heterocycles. The van der Waals surface area contributed by atoms with Crippen LogP contribution >= 0.6 is 27.7 Å². The van der Waals surface area contributed by atoms with E-state index in [0.29, 0.717) is 11.7 Å². The molecule has 1 amide bonds. The van der Waals surface area contributed by atoms with E-state index in [2.05, 4.69) is 33.1 Å². The van der Waals surface area contributed by atoms with E-state index in [1.54, 1.807) is 18.2 Å². The second-order valence-corrected chi connectivity index (χ2v) is 8.43. The third kappa shape index (κ3) is 5.23. The number of halogens is 1. The molecular weight excluding hydrogens is 438 g/mol. The zero-order valence-electron chi connectivity index (χ0n) is 15.8. The van der Waals surface area contributed by atoms with E-state index in [1.165, 1.54) is 11.8 Å². The molecular formula is C21H22BrN3O2S. The lowest BCUT2D eigenvalue weighted by atomic mass is 10.2. The first-order valence-electron chi connectivity index (χ1n) is 9.08. The van der Waals surface area contributed by atoms with Crippen molar-refractivity contribution in [3.63, 3.8) is 0 Å². The predicted molar refractivity (Wildman–Crippen MR) is 119 cm³/mol. The van der Waals surface area contributed by atoms with Gasteiger partial charge in [0.05, 0.1) is 25.1 Å². The average Bonchev–Trinajstić information content (AvgIpc) is 2.99. The molecule has 28 heavy (non-hydrogen) atoms. The number of amidine groups is 1. The van der Waals surface area contributed by atoms with Crippen LogP contribution in [-0.2, 0) is 11.3 Å². The molecule has 0 N–H and O–H groups in total. The monoisotopic (exact) mass is 459 g/mol. The van der Waals surface area contributed by atoms with Crippen molar-refractivity contribution in [3.05, 3.63) is 64.1 Å². The molecule has 0 saturated carbocycles. The highest BCUT2D eigenvalue weighted by molar-refractivity contribution is 9.10. The summed E-state index contributed by atoms with van der Waals surface area (Å²) in [4.78, 5) is 14.6. The Bertz CT molecular complexity index is 866. The first-order chi connectivity index (χ1) is 13.6. The number of nitrogens with zero attached hydrogens (tertiary/aromatic N) is 3. The molecule has 1 aliphatic rings. The Morgan fingerprint density at radius 1 is 1.18 bits per heavy atom. The normalized spacial score (nSPS) is 18.4. The largest absolute Gasteiger partial charge is 0.497 e. The van der Waals surface area contributed by atoms with Crippen LogP contribution in [0.4, 0.5) is 0 Å². The molecule has 0 aliphatic carbocycles. The van der Waals surface area contributed by atoms with E-state index in [1.807, 2.05) is 48.5 Å². The fraction of sp³-hybridized carbons (Fsp3) is 0.286. The Morgan fingerprint density at radius 2 is 1.89 bits per heavy atom. The van der Waals surface area contributed by atoms with E-state index in [0.717, 1.165) is 34.2 Å². The second kappa shape index (κ2) is 9.89. The van der Waals surface area contributed by atoms with Crippen molar-refractivity contribution >= 4 is 45.0 Å². The van der Waals surface area contributed by atoms with E-state index in [9.17, 15) is 4.79 Å².